The Morgan fingerprint density at radius 3 is 2.85 bits per heavy atom. The lowest BCUT2D eigenvalue weighted by molar-refractivity contribution is -0.193. The van der Waals surface area contributed by atoms with Crippen molar-refractivity contribution >= 4 is 5.97 Å². The minimum atomic E-state index is -0.986. The molecule has 0 aliphatic carbocycles. The lowest BCUT2D eigenvalue weighted by Crippen LogP contribution is -2.44. The minimum absolute atomic E-state index is 0.0659. The van der Waals surface area contributed by atoms with Gasteiger partial charge in [-0.3, -0.25) is 0 Å². The van der Waals surface area contributed by atoms with Crippen LogP contribution in [-0.2, 0) is 19.0 Å². The van der Waals surface area contributed by atoms with Gasteiger partial charge in [0.15, 0.2) is 17.5 Å². The summed E-state index contributed by atoms with van der Waals surface area (Å²) in [5, 5.41) is 9.14. The summed E-state index contributed by atoms with van der Waals surface area (Å²) in [6.07, 6.45) is -0.785. The van der Waals surface area contributed by atoms with Crippen LogP contribution < -0.4 is 0 Å². The van der Waals surface area contributed by atoms with Crippen molar-refractivity contribution in [3.63, 3.8) is 0 Å². The molecule has 13 heavy (non-hydrogen) atoms. The SMILES string of the molecule is CC1(C)O[C@@H]2C(=O)OC[C@]2(CO)O1. The third kappa shape index (κ3) is 1.15. The van der Waals surface area contributed by atoms with Gasteiger partial charge in [0.2, 0.25) is 0 Å². The highest BCUT2D eigenvalue weighted by Gasteiger charge is 2.61. The summed E-state index contributed by atoms with van der Waals surface area (Å²) in [5.74, 6) is -1.29. The number of ether oxygens (including phenoxy) is 3. The molecular weight excluding hydrogens is 176 g/mol. The number of aliphatic hydroxyl groups excluding tert-OH is 1. The highest BCUT2D eigenvalue weighted by molar-refractivity contribution is 5.79. The summed E-state index contributed by atoms with van der Waals surface area (Å²) in [4.78, 5) is 11.2. The highest BCUT2D eigenvalue weighted by atomic mass is 16.8. The maximum absolute atomic E-state index is 11.2. The van der Waals surface area contributed by atoms with Gasteiger partial charge in [-0.15, -0.1) is 0 Å². The van der Waals surface area contributed by atoms with E-state index in [1.807, 2.05) is 0 Å². The molecule has 2 saturated heterocycles. The van der Waals surface area contributed by atoms with Gasteiger partial charge in [0, 0.05) is 0 Å². The van der Waals surface area contributed by atoms with E-state index in [-0.39, 0.29) is 13.2 Å². The first-order valence-corrected chi connectivity index (χ1v) is 4.15. The van der Waals surface area contributed by atoms with Crippen molar-refractivity contribution in [2.75, 3.05) is 13.2 Å². The van der Waals surface area contributed by atoms with E-state index in [9.17, 15) is 4.79 Å². The number of aliphatic hydroxyl groups is 1. The van der Waals surface area contributed by atoms with E-state index in [1.165, 1.54) is 0 Å². The Labute approximate surface area is 75.6 Å². The molecule has 5 nitrogen and oxygen atoms in total. The molecule has 2 rings (SSSR count). The van der Waals surface area contributed by atoms with Crippen molar-refractivity contribution < 1.29 is 24.1 Å². The Morgan fingerprint density at radius 1 is 1.62 bits per heavy atom. The Morgan fingerprint density at radius 2 is 2.31 bits per heavy atom. The summed E-state index contributed by atoms with van der Waals surface area (Å²) >= 11 is 0. The second-order valence-corrected chi connectivity index (χ2v) is 3.83. The van der Waals surface area contributed by atoms with Crippen LogP contribution in [0.1, 0.15) is 13.8 Å². The number of hydrogen-bond donors (Lipinski definition) is 1. The number of rotatable bonds is 1. The first-order chi connectivity index (χ1) is 5.99. The van der Waals surface area contributed by atoms with Crippen molar-refractivity contribution in [2.24, 2.45) is 0 Å². The lowest BCUT2D eigenvalue weighted by Gasteiger charge is -2.23. The first kappa shape index (κ1) is 8.93. The fourth-order valence-corrected chi connectivity index (χ4v) is 1.76. The lowest BCUT2D eigenvalue weighted by atomic mass is 10.0. The van der Waals surface area contributed by atoms with Crippen LogP contribution in [0.25, 0.3) is 0 Å². The quantitative estimate of drug-likeness (QED) is 0.558. The number of fused-ring (bicyclic) bond motifs is 1. The van der Waals surface area contributed by atoms with Gasteiger partial charge in [-0.1, -0.05) is 0 Å². The summed E-state index contributed by atoms with van der Waals surface area (Å²) in [5.41, 5.74) is -0.986. The molecule has 2 aliphatic heterocycles. The minimum Gasteiger partial charge on any atom is -0.460 e. The monoisotopic (exact) mass is 188 g/mol. The van der Waals surface area contributed by atoms with Crippen LogP contribution in [0.3, 0.4) is 0 Å². The topological polar surface area (TPSA) is 65.0 Å². The second kappa shape index (κ2) is 2.43. The number of esters is 1. The Balaban J connectivity index is 2.29. The van der Waals surface area contributed by atoms with Crippen LogP contribution >= 0.6 is 0 Å². The molecule has 0 aromatic carbocycles. The van der Waals surface area contributed by atoms with Crippen molar-refractivity contribution in [3.05, 3.63) is 0 Å². The second-order valence-electron chi connectivity index (χ2n) is 3.83. The average Bonchev–Trinajstić information content (AvgIpc) is 2.47. The molecular formula is C8H12O5. The molecule has 0 aromatic heterocycles. The van der Waals surface area contributed by atoms with Gasteiger partial charge in [-0.2, -0.15) is 0 Å². The van der Waals surface area contributed by atoms with Crippen LogP contribution in [0, 0.1) is 0 Å². The van der Waals surface area contributed by atoms with Gasteiger partial charge < -0.3 is 19.3 Å². The Hall–Kier alpha value is -0.650. The molecule has 0 spiro atoms. The van der Waals surface area contributed by atoms with Crippen LogP contribution in [-0.4, -0.2) is 41.8 Å². The molecule has 0 amide bonds. The molecule has 2 heterocycles. The predicted octanol–water partition coefficient (Wildman–Crippen LogP) is -0.574. The van der Waals surface area contributed by atoms with E-state index in [0.29, 0.717) is 0 Å². The fourth-order valence-electron chi connectivity index (χ4n) is 1.76. The molecule has 0 radical (unpaired) electrons. The van der Waals surface area contributed by atoms with Crippen molar-refractivity contribution in [1.29, 1.82) is 0 Å². The van der Waals surface area contributed by atoms with E-state index >= 15 is 0 Å². The number of cyclic esters (lactones) is 1. The Kier molecular flexibility index (Phi) is 1.67. The van der Waals surface area contributed by atoms with E-state index in [1.54, 1.807) is 13.8 Å². The van der Waals surface area contributed by atoms with Gasteiger partial charge >= 0.3 is 5.97 Å². The zero-order chi connectivity index (χ0) is 9.69. The number of carbonyl (C=O) groups is 1. The smallest absolute Gasteiger partial charge is 0.338 e. The fraction of sp³-hybridized carbons (Fsp3) is 0.875. The third-order valence-corrected chi connectivity index (χ3v) is 2.27. The number of carbonyl (C=O) groups excluding carboxylic acids is 1. The maximum atomic E-state index is 11.2. The molecule has 2 fully saturated rings. The first-order valence-electron chi connectivity index (χ1n) is 4.15. The molecule has 2 aliphatic rings. The van der Waals surface area contributed by atoms with E-state index in [0.717, 1.165) is 0 Å². The molecule has 5 heteroatoms. The van der Waals surface area contributed by atoms with Gasteiger partial charge in [0.25, 0.3) is 0 Å². The van der Waals surface area contributed by atoms with E-state index < -0.39 is 23.5 Å². The van der Waals surface area contributed by atoms with Gasteiger partial charge in [0.1, 0.15) is 6.61 Å². The maximum Gasteiger partial charge on any atom is 0.338 e. The Bertz CT molecular complexity index is 249. The average molecular weight is 188 g/mol. The van der Waals surface area contributed by atoms with E-state index in [4.69, 9.17) is 19.3 Å². The summed E-state index contributed by atoms with van der Waals surface area (Å²) < 4.78 is 15.5. The molecule has 2 atom stereocenters. The predicted molar refractivity (Wildman–Crippen MR) is 40.8 cm³/mol. The normalized spacial score (nSPS) is 41.8. The van der Waals surface area contributed by atoms with Gasteiger partial charge in [0.05, 0.1) is 6.61 Å². The van der Waals surface area contributed by atoms with Gasteiger partial charge in [-0.25, -0.2) is 4.79 Å². The molecule has 0 aromatic rings. The van der Waals surface area contributed by atoms with Crippen molar-refractivity contribution in [2.45, 2.75) is 31.3 Å². The van der Waals surface area contributed by atoms with Gasteiger partial charge in [-0.05, 0) is 13.8 Å². The molecule has 74 valence electrons. The van der Waals surface area contributed by atoms with Crippen LogP contribution in [0.5, 0.6) is 0 Å². The summed E-state index contributed by atoms with van der Waals surface area (Å²) in [7, 11) is 0. The summed E-state index contributed by atoms with van der Waals surface area (Å²) in [6, 6.07) is 0. The van der Waals surface area contributed by atoms with E-state index in [2.05, 4.69) is 0 Å². The van der Waals surface area contributed by atoms with Crippen molar-refractivity contribution in [1.82, 2.24) is 0 Å². The number of hydrogen-bond acceptors (Lipinski definition) is 5. The molecule has 0 saturated carbocycles. The zero-order valence-corrected chi connectivity index (χ0v) is 7.57. The molecule has 1 N–H and O–H groups in total. The highest BCUT2D eigenvalue weighted by Crippen LogP contribution is 2.40. The van der Waals surface area contributed by atoms with Crippen molar-refractivity contribution in [3.8, 4) is 0 Å². The van der Waals surface area contributed by atoms with Crippen LogP contribution in [0.4, 0.5) is 0 Å². The largest absolute Gasteiger partial charge is 0.460 e. The molecule has 0 unspecified atom stereocenters. The molecule has 0 bridgehead atoms. The third-order valence-electron chi connectivity index (χ3n) is 2.27. The van der Waals surface area contributed by atoms with Crippen LogP contribution in [0.15, 0.2) is 0 Å². The zero-order valence-electron chi connectivity index (χ0n) is 7.57. The summed E-state index contributed by atoms with van der Waals surface area (Å²) in [6.45, 7) is 3.20. The van der Waals surface area contributed by atoms with Crippen LogP contribution in [0.2, 0.25) is 0 Å². The standard InChI is InChI=1S/C8H12O5/c1-7(2)12-5-6(10)11-4-8(5,3-9)13-7/h5,9H,3-4H2,1-2H3/t5-,8+/m1/s1.